The van der Waals surface area contributed by atoms with Gasteiger partial charge in [0.1, 0.15) is 5.75 Å². The molecule has 2 rings (SSSR count). The topological polar surface area (TPSA) is 70.7 Å². The molecule has 0 bridgehead atoms. The summed E-state index contributed by atoms with van der Waals surface area (Å²) in [5.74, 6) is 0.734. The van der Waals surface area contributed by atoms with Gasteiger partial charge in [0, 0.05) is 44.0 Å². The number of carbonyl (C=O) groups excluding carboxylic acids is 2. The first-order valence-electron chi connectivity index (χ1n) is 8.50. The Balaban J connectivity index is 1.87. The summed E-state index contributed by atoms with van der Waals surface area (Å²) < 4.78 is 5.15. The third-order valence-electron chi connectivity index (χ3n) is 3.96. The SMILES string of the molecule is COc1ccc(Nc2cccc(NC(=O)CCCN(C)C(C)=O)c2)cc1. The largest absolute Gasteiger partial charge is 0.497 e. The van der Waals surface area contributed by atoms with Crippen molar-refractivity contribution in [3.05, 3.63) is 48.5 Å². The molecule has 0 unspecified atom stereocenters. The molecule has 0 aliphatic carbocycles. The van der Waals surface area contributed by atoms with Crippen LogP contribution in [0.15, 0.2) is 48.5 Å². The van der Waals surface area contributed by atoms with Gasteiger partial charge in [-0.25, -0.2) is 0 Å². The van der Waals surface area contributed by atoms with Gasteiger partial charge in [0.15, 0.2) is 0 Å². The van der Waals surface area contributed by atoms with Crippen molar-refractivity contribution in [2.24, 2.45) is 0 Å². The number of hydrogen-bond donors (Lipinski definition) is 2. The smallest absolute Gasteiger partial charge is 0.224 e. The van der Waals surface area contributed by atoms with Crippen molar-refractivity contribution in [1.82, 2.24) is 4.90 Å². The van der Waals surface area contributed by atoms with Gasteiger partial charge < -0.3 is 20.3 Å². The zero-order valence-corrected chi connectivity index (χ0v) is 15.4. The third kappa shape index (κ3) is 6.12. The van der Waals surface area contributed by atoms with Gasteiger partial charge in [-0.3, -0.25) is 9.59 Å². The number of rotatable bonds is 8. The molecule has 2 aromatic carbocycles. The van der Waals surface area contributed by atoms with Crippen molar-refractivity contribution in [3.63, 3.8) is 0 Å². The highest BCUT2D eigenvalue weighted by atomic mass is 16.5. The molecule has 2 N–H and O–H groups in total. The molecule has 6 nitrogen and oxygen atoms in total. The van der Waals surface area contributed by atoms with Crippen LogP contribution in [-0.2, 0) is 9.59 Å². The average Bonchev–Trinajstić information content (AvgIpc) is 2.62. The van der Waals surface area contributed by atoms with Crippen LogP contribution >= 0.6 is 0 Å². The lowest BCUT2D eigenvalue weighted by Gasteiger charge is -2.14. The zero-order chi connectivity index (χ0) is 18.9. The first-order valence-corrected chi connectivity index (χ1v) is 8.50. The van der Waals surface area contributed by atoms with E-state index in [1.54, 1.807) is 19.1 Å². The van der Waals surface area contributed by atoms with Crippen LogP contribution < -0.4 is 15.4 Å². The summed E-state index contributed by atoms with van der Waals surface area (Å²) in [6, 6.07) is 15.2. The maximum absolute atomic E-state index is 12.1. The maximum atomic E-state index is 12.1. The predicted octanol–water partition coefficient (Wildman–Crippen LogP) is 3.64. The molecule has 0 heterocycles. The zero-order valence-electron chi connectivity index (χ0n) is 15.4. The van der Waals surface area contributed by atoms with E-state index in [2.05, 4.69) is 10.6 Å². The second-order valence-electron chi connectivity index (χ2n) is 6.03. The van der Waals surface area contributed by atoms with E-state index in [1.807, 2.05) is 48.5 Å². The van der Waals surface area contributed by atoms with Crippen LogP contribution in [-0.4, -0.2) is 37.4 Å². The van der Waals surface area contributed by atoms with Crippen molar-refractivity contribution in [2.45, 2.75) is 19.8 Å². The number of nitrogens with one attached hydrogen (secondary N) is 2. The van der Waals surface area contributed by atoms with E-state index >= 15 is 0 Å². The van der Waals surface area contributed by atoms with Gasteiger partial charge in [-0.2, -0.15) is 0 Å². The first kappa shape index (κ1) is 19.3. The number of hydrogen-bond acceptors (Lipinski definition) is 4. The van der Waals surface area contributed by atoms with Gasteiger partial charge in [0.2, 0.25) is 11.8 Å². The minimum Gasteiger partial charge on any atom is -0.497 e. The number of methoxy groups -OCH3 is 1. The summed E-state index contributed by atoms with van der Waals surface area (Å²) in [6.45, 7) is 2.09. The second-order valence-corrected chi connectivity index (χ2v) is 6.03. The Hall–Kier alpha value is -3.02. The van der Waals surface area contributed by atoms with E-state index in [4.69, 9.17) is 4.74 Å². The van der Waals surface area contributed by atoms with Crippen molar-refractivity contribution in [1.29, 1.82) is 0 Å². The molecule has 2 aromatic rings. The minimum atomic E-state index is -0.0662. The van der Waals surface area contributed by atoms with Crippen molar-refractivity contribution in [3.8, 4) is 5.75 Å². The standard InChI is InChI=1S/C20H25N3O3/c1-15(24)23(2)13-5-8-20(25)22-18-7-4-6-17(14-18)21-16-9-11-19(26-3)12-10-16/h4,6-7,9-12,14,21H,5,8,13H2,1-3H3,(H,22,25). The molecule has 2 amide bonds. The number of ether oxygens (including phenoxy) is 1. The molecule has 138 valence electrons. The van der Waals surface area contributed by atoms with Crippen LogP contribution in [0.2, 0.25) is 0 Å². The molecule has 0 spiro atoms. The highest BCUT2D eigenvalue weighted by Gasteiger charge is 2.06. The monoisotopic (exact) mass is 355 g/mol. The fourth-order valence-corrected chi connectivity index (χ4v) is 2.37. The summed E-state index contributed by atoms with van der Waals surface area (Å²) in [7, 11) is 3.36. The molecule has 0 aromatic heterocycles. The quantitative estimate of drug-likeness (QED) is 0.758. The van der Waals surface area contributed by atoms with E-state index in [-0.39, 0.29) is 11.8 Å². The lowest BCUT2D eigenvalue weighted by atomic mass is 10.2. The van der Waals surface area contributed by atoms with Crippen LogP contribution in [0.5, 0.6) is 5.75 Å². The summed E-state index contributed by atoms with van der Waals surface area (Å²) in [5, 5.41) is 6.18. The van der Waals surface area contributed by atoms with Crippen LogP contribution in [0.1, 0.15) is 19.8 Å². The molecule has 6 heteroatoms. The molecular weight excluding hydrogens is 330 g/mol. The number of carbonyl (C=O) groups is 2. The van der Waals surface area contributed by atoms with Gasteiger partial charge in [-0.15, -0.1) is 0 Å². The van der Waals surface area contributed by atoms with E-state index < -0.39 is 0 Å². The normalized spacial score (nSPS) is 10.1. The Morgan fingerprint density at radius 3 is 2.38 bits per heavy atom. The minimum absolute atomic E-state index is 0.00251. The number of anilines is 3. The number of nitrogens with zero attached hydrogens (tertiary/aromatic N) is 1. The Morgan fingerprint density at radius 1 is 1.04 bits per heavy atom. The van der Waals surface area contributed by atoms with Gasteiger partial charge >= 0.3 is 0 Å². The molecule has 0 atom stereocenters. The Morgan fingerprint density at radius 2 is 1.73 bits per heavy atom. The summed E-state index contributed by atoms with van der Waals surface area (Å²) in [5.41, 5.74) is 2.54. The van der Waals surface area contributed by atoms with Gasteiger partial charge in [-0.05, 0) is 48.9 Å². The summed E-state index contributed by atoms with van der Waals surface area (Å²) >= 11 is 0. The first-order chi connectivity index (χ1) is 12.5. The number of benzene rings is 2. The lowest BCUT2D eigenvalue weighted by molar-refractivity contribution is -0.128. The van der Waals surface area contributed by atoms with E-state index in [1.165, 1.54) is 6.92 Å². The fraction of sp³-hybridized carbons (Fsp3) is 0.300. The Bertz CT molecular complexity index is 744. The van der Waals surface area contributed by atoms with Crippen LogP contribution in [0, 0.1) is 0 Å². The van der Waals surface area contributed by atoms with Gasteiger partial charge in [0.05, 0.1) is 7.11 Å². The number of amides is 2. The molecule has 0 aliphatic rings. The average molecular weight is 355 g/mol. The fourth-order valence-electron chi connectivity index (χ4n) is 2.37. The Kier molecular flexibility index (Phi) is 7.02. The maximum Gasteiger partial charge on any atom is 0.224 e. The highest BCUT2D eigenvalue weighted by Crippen LogP contribution is 2.22. The molecule has 0 fully saturated rings. The van der Waals surface area contributed by atoms with Crippen molar-refractivity contribution in [2.75, 3.05) is 31.3 Å². The van der Waals surface area contributed by atoms with Crippen LogP contribution in [0.3, 0.4) is 0 Å². The summed E-state index contributed by atoms with van der Waals surface area (Å²) in [4.78, 5) is 24.8. The molecule has 0 saturated carbocycles. The Labute approximate surface area is 154 Å². The molecule has 26 heavy (non-hydrogen) atoms. The highest BCUT2D eigenvalue weighted by molar-refractivity contribution is 5.91. The molecule has 0 aliphatic heterocycles. The van der Waals surface area contributed by atoms with Crippen molar-refractivity contribution < 1.29 is 14.3 Å². The van der Waals surface area contributed by atoms with Crippen LogP contribution in [0.4, 0.5) is 17.1 Å². The molecule has 0 radical (unpaired) electrons. The van der Waals surface area contributed by atoms with Crippen molar-refractivity contribution >= 4 is 28.9 Å². The van der Waals surface area contributed by atoms with Crippen LogP contribution in [0.25, 0.3) is 0 Å². The lowest BCUT2D eigenvalue weighted by Crippen LogP contribution is -2.25. The van der Waals surface area contributed by atoms with Gasteiger partial charge in [0.25, 0.3) is 0 Å². The predicted molar refractivity (Wildman–Crippen MR) is 104 cm³/mol. The third-order valence-corrected chi connectivity index (χ3v) is 3.96. The van der Waals surface area contributed by atoms with E-state index in [0.29, 0.717) is 19.4 Å². The molecular formula is C20H25N3O3. The second kappa shape index (κ2) is 9.46. The van der Waals surface area contributed by atoms with E-state index in [0.717, 1.165) is 22.8 Å². The molecule has 0 saturated heterocycles. The van der Waals surface area contributed by atoms with E-state index in [9.17, 15) is 9.59 Å². The summed E-state index contributed by atoms with van der Waals surface area (Å²) in [6.07, 6.45) is 0.999. The van der Waals surface area contributed by atoms with Gasteiger partial charge in [-0.1, -0.05) is 6.07 Å².